The SMILES string of the molecule is C=CC(=O)Nc1ccc(COC(F)F)c(-c2cnccc2-c2cnn(C3CC3)c2)c1. The molecule has 0 bridgehead atoms. The number of hydrogen-bond donors (Lipinski definition) is 1. The topological polar surface area (TPSA) is 69.0 Å². The van der Waals surface area contributed by atoms with Gasteiger partial charge in [-0.1, -0.05) is 12.6 Å². The molecule has 154 valence electrons. The lowest BCUT2D eigenvalue weighted by Crippen LogP contribution is -2.08. The van der Waals surface area contributed by atoms with E-state index in [2.05, 4.69) is 26.7 Å². The Labute approximate surface area is 172 Å². The Bertz CT molecular complexity index is 1080. The number of carbonyl (C=O) groups is 1. The number of nitrogens with zero attached hydrogens (tertiary/aromatic N) is 3. The van der Waals surface area contributed by atoms with Gasteiger partial charge in [0.1, 0.15) is 0 Å². The molecule has 30 heavy (non-hydrogen) atoms. The van der Waals surface area contributed by atoms with Crippen LogP contribution in [0.15, 0.2) is 61.7 Å². The maximum atomic E-state index is 12.7. The molecule has 0 radical (unpaired) electrons. The number of amides is 1. The van der Waals surface area contributed by atoms with Crippen LogP contribution in [0.25, 0.3) is 22.3 Å². The molecule has 6 nitrogen and oxygen atoms in total. The number of rotatable bonds is 8. The second kappa shape index (κ2) is 8.54. The van der Waals surface area contributed by atoms with Gasteiger partial charge in [-0.25, -0.2) is 0 Å². The minimum Gasteiger partial charge on any atom is -0.323 e. The van der Waals surface area contributed by atoms with Gasteiger partial charge >= 0.3 is 6.61 Å². The molecule has 1 N–H and O–H groups in total. The third-order valence-electron chi connectivity index (χ3n) is 4.87. The number of ether oxygens (including phenoxy) is 1. The van der Waals surface area contributed by atoms with E-state index in [1.54, 1.807) is 36.8 Å². The smallest absolute Gasteiger partial charge is 0.323 e. The fourth-order valence-corrected chi connectivity index (χ4v) is 3.25. The van der Waals surface area contributed by atoms with Crippen molar-refractivity contribution < 1.29 is 18.3 Å². The van der Waals surface area contributed by atoms with Crippen LogP contribution in [0.2, 0.25) is 0 Å². The van der Waals surface area contributed by atoms with Crippen molar-refractivity contribution in [3.05, 3.63) is 67.3 Å². The maximum Gasteiger partial charge on any atom is 0.345 e. The van der Waals surface area contributed by atoms with Crippen molar-refractivity contribution >= 4 is 11.6 Å². The summed E-state index contributed by atoms with van der Waals surface area (Å²) in [5, 5.41) is 7.14. The number of carbonyl (C=O) groups excluding carboxylic acids is 1. The highest BCUT2D eigenvalue weighted by Gasteiger charge is 2.25. The molecular weight excluding hydrogens is 390 g/mol. The first-order chi connectivity index (χ1) is 14.5. The molecule has 2 aromatic heterocycles. The molecule has 0 saturated heterocycles. The second-order valence-electron chi connectivity index (χ2n) is 7.00. The van der Waals surface area contributed by atoms with Crippen molar-refractivity contribution in [3.8, 4) is 22.3 Å². The Morgan fingerprint density at radius 2 is 2.10 bits per heavy atom. The van der Waals surface area contributed by atoms with E-state index >= 15 is 0 Å². The number of aromatic nitrogens is 3. The van der Waals surface area contributed by atoms with E-state index in [1.807, 2.05) is 16.9 Å². The van der Waals surface area contributed by atoms with Crippen molar-refractivity contribution in [2.45, 2.75) is 32.1 Å². The molecule has 4 rings (SSSR count). The number of hydrogen-bond acceptors (Lipinski definition) is 4. The summed E-state index contributed by atoms with van der Waals surface area (Å²) in [7, 11) is 0. The summed E-state index contributed by atoms with van der Waals surface area (Å²) in [6.07, 6.45) is 10.5. The van der Waals surface area contributed by atoms with E-state index in [-0.39, 0.29) is 12.5 Å². The first-order valence-corrected chi connectivity index (χ1v) is 9.50. The first kappa shape index (κ1) is 19.9. The lowest BCUT2D eigenvalue weighted by molar-refractivity contribution is -0.137. The maximum absolute atomic E-state index is 12.7. The minimum absolute atomic E-state index is 0.279. The summed E-state index contributed by atoms with van der Waals surface area (Å²) >= 11 is 0. The largest absolute Gasteiger partial charge is 0.345 e. The van der Waals surface area contributed by atoms with Crippen LogP contribution in [-0.2, 0) is 16.1 Å². The van der Waals surface area contributed by atoms with Crippen molar-refractivity contribution in [2.75, 3.05) is 5.32 Å². The lowest BCUT2D eigenvalue weighted by Gasteiger charge is -2.15. The van der Waals surface area contributed by atoms with Gasteiger partial charge in [0, 0.05) is 35.4 Å². The summed E-state index contributed by atoms with van der Waals surface area (Å²) < 4.78 is 31.8. The average Bonchev–Trinajstić information content (AvgIpc) is 3.49. The molecule has 3 aromatic rings. The van der Waals surface area contributed by atoms with Crippen LogP contribution in [0.5, 0.6) is 0 Å². The molecule has 0 spiro atoms. The zero-order valence-corrected chi connectivity index (χ0v) is 16.1. The minimum atomic E-state index is -2.89. The molecule has 0 atom stereocenters. The molecule has 1 amide bonds. The molecule has 8 heteroatoms. The van der Waals surface area contributed by atoms with Gasteiger partial charge in [-0.05, 0) is 53.8 Å². The van der Waals surface area contributed by atoms with Gasteiger partial charge < -0.3 is 10.1 Å². The normalized spacial score (nSPS) is 13.4. The number of pyridine rings is 1. The van der Waals surface area contributed by atoms with Crippen LogP contribution in [0.3, 0.4) is 0 Å². The van der Waals surface area contributed by atoms with E-state index in [4.69, 9.17) is 0 Å². The highest BCUT2D eigenvalue weighted by molar-refractivity contribution is 5.99. The summed E-state index contributed by atoms with van der Waals surface area (Å²) in [5.74, 6) is -0.366. The van der Waals surface area contributed by atoms with Crippen LogP contribution >= 0.6 is 0 Å². The molecule has 1 aliphatic carbocycles. The van der Waals surface area contributed by atoms with E-state index < -0.39 is 6.61 Å². The van der Waals surface area contributed by atoms with Gasteiger partial charge in [0.15, 0.2) is 0 Å². The van der Waals surface area contributed by atoms with E-state index in [1.165, 1.54) is 0 Å². The average molecular weight is 410 g/mol. The van der Waals surface area contributed by atoms with Crippen LogP contribution in [0.4, 0.5) is 14.5 Å². The Hall–Kier alpha value is -3.39. The van der Waals surface area contributed by atoms with Crippen LogP contribution in [0.1, 0.15) is 24.4 Å². The zero-order chi connectivity index (χ0) is 21.1. The van der Waals surface area contributed by atoms with E-state index in [0.29, 0.717) is 22.9 Å². The predicted octanol–water partition coefficient (Wildman–Crippen LogP) is 4.81. The third kappa shape index (κ3) is 4.44. The van der Waals surface area contributed by atoms with Crippen LogP contribution in [0, 0.1) is 0 Å². The molecule has 0 unspecified atom stereocenters. The first-order valence-electron chi connectivity index (χ1n) is 9.50. The number of nitrogens with one attached hydrogen (secondary N) is 1. The predicted molar refractivity (Wildman–Crippen MR) is 109 cm³/mol. The standard InChI is InChI=1S/C22H20F2N4O2/c1-2-21(29)27-16-4-3-14(13-30-22(23)24)19(9-16)20-11-25-8-7-18(20)15-10-26-28(12-15)17-5-6-17/h2-4,7-12,17,22H,1,5-6,13H2,(H,27,29). The monoisotopic (exact) mass is 410 g/mol. The molecular formula is C22H20F2N4O2. The van der Waals surface area contributed by atoms with Gasteiger partial charge in [0.25, 0.3) is 0 Å². The quantitative estimate of drug-likeness (QED) is 0.541. The van der Waals surface area contributed by atoms with E-state index in [9.17, 15) is 13.6 Å². The van der Waals surface area contributed by atoms with Crippen molar-refractivity contribution in [3.63, 3.8) is 0 Å². The zero-order valence-electron chi connectivity index (χ0n) is 16.1. The highest BCUT2D eigenvalue weighted by atomic mass is 19.3. The molecule has 1 fully saturated rings. The summed E-state index contributed by atoms with van der Waals surface area (Å²) in [6.45, 7) is 0.279. The molecule has 1 saturated carbocycles. The van der Waals surface area contributed by atoms with Gasteiger partial charge in [-0.2, -0.15) is 13.9 Å². The highest BCUT2D eigenvalue weighted by Crippen LogP contribution is 2.38. The third-order valence-corrected chi connectivity index (χ3v) is 4.87. The second-order valence-corrected chi connectivity index (χ2v) is 7.00. The fraction of sp³-hybridized carbons (Fsp3) is 0.227. The number of alkyl halides is 2. The van der Waals surface area contributed by atoms with E-state index in [0.717, 1.165) is 35.6 Å². The Kier molecular flexibility index (Phi) is 5.67. The van der Waals surface area contributed by atoms with Gasteiger partial charge in [-0.3, -0.25) is 14.5 Å². The Morgan fingerprint density at radius 1 is 1.27 bits per heavy atom. The van der Waals surface area contributed by atoms with Crippen molar-refractivity contribution in [1.29, 1.82) is 0 Å². The number of anilines is 1. The summed E-state index contributed by atoms with van der Waals surface area (Å²) in [5.41, 5.74) is 4.20. The number of halogens is 2. The number of benzene rings is 1. The molecule has 1 aliphatic rings. The Morgan fingerprint density at radius 3 is 2.83 bits per heavy atom. The molecule has 2 heterocycles. The summed E-state index contributed by atoms with van der Waals surface area (Å²) in [6, 6.07) is 7.31. The van der Waals surface area contributed by atoms with Gasteiger partial charge in [-0.15, -0.1) is 0 Å². The van der Waals surface area contributed by atoms with Crippen molar-refractivity contribution in [1.82, 2.24) is 14.8 Å². The summed E-state index contributed by atoms with van der Waals surface area (Å²) in [4.78, 5) is 15.9. The lowest BCUT2D eigenvalue weighted by atomic mass is 9.94. The fourth-order valence-electron chi connectivity index (χ4n) is 3.25. The van der Waals surface area contributed by atoms with Crippen LogP contribution in [-0.4, -0.2) is 27.3 Å². The van der Waals surface area contributed by atoms with Gasteiger partial charge in [0.2, 0.25) is 5.91 Å². The Balaban J connectivity index is 1.77. The molecule has 0 aliphatic heterocycles. The van der Waals surface area contributed by atoms with Gasteiger partial charge in [0.05, 0.1) is 18.8 Å². The van der Waals surface area contributed by atoms with Crippen molar-refractivity contribution in [2.24, 2.45) is 0 Å². The molecule has 1 aromatic carbocycles. The van der Waals surface area contributed by atoms with Crippen LogP contribution < -0.4 is 5.32 Å².